The summed E-state index contributed by atoms with van der Waals surface area (Å²) in [6, 6.07) is 8.97. The highest BCUT2D eigenvalue weighted by atomic mass is 16.5. The van der Waals surface area contributed by atoms with Gasteiger partial charge in [-0.3, -0.25) is 9.59 Å². The number of rotatable bonds is 14. The topological polar surface area (TPSA) is 43.4 Å². The molecule has 0 amide bonds. The average molecular weight is 409 g/mol. The van der Waals surface area contributed by atoms with Crippen molar-refractivity contribution >= 4 is 11.8 Å². The maximum atomic E-state index is 11.9. The van der Waals surface area contributed by atoms with Gasteiger partial charge in [-0.2, -0.15) is 0 Å². The highest BCUT2D eigenvalue weighted by molar-refractivity contribution is 5.97. The number of esters is 1. The highest BCUT2D eigenvalue weighted by Gasteiger charge is 2.11. The molecule has 3 heteroatoms. The Labute approximate surface area is 177 Å². The summed E-state index contributed by atoms with van der Waals surface area (Å²) in [4.78, 5) is 23.7. The van der Waals surface area contributed by atoms with Crippen molar-refractivity contribution in [2.45, 2.75) is 103 Å². The van der Waals surface area contributed by atoms with Crippen LogP contribution in [0.4, 0.5) is 0 Å². The molecule has 162 valence electrons. The third kappa shape index (κ3) is 11.2. The molecule has 0 spiro atoms. The first-order valence-electron chi connectivity index (χ1n) is 12.0. The van der Waals surface area contributed by atoms with Crippen LogP contribution in [-0.2, 0) is 9.53 Å². The number of hydrogen-bond donors (Lipinski definition) is 0. The van der Waals surface area contributed by atoms with Crippen LogP contribution in [-0.4, -0.2) is 18.4 Å². The van der Waals surface area contributed by atoms with E-state index in [1.54, 1.807) is 12.1 Å². The summed E-state index contributed by atoms with van der Waals surface area (Å²) in [6.45, 7) is -0.149. The predicted molar refractivity (Wildman–Crippen MR) is 119 cm³/mol. The zero-order valence-corrected chi connectivity index (χ0v) is 18.2. The second-order valence-corrected chi connectivity index (χ2v) is 8.67. The van der Waals surface area contributed by atoms with Crippen molar-refractivity contribution in [3.8, 4) is 0 Å². The van der Waals surface area contributed by atoms with Gasteiger partial charge in [0.05, 0.1) is 0 Å². The predicted octanol–water partition coefficient (Wildman–Crippen LogP) is 7.28. The maximum Gasteiger partial charge on any atom is 0.306 e. The van der Waals surface area contributed by atoms with Gasteiger partial charge >= 0.3 is 5.97 Å². The standard InChI is InChI=1S/C26H40O3/c27-25(24-19-13-9-14-20-24)22-29-26(28)21-15-6-4-2-1-3-5-10-16-23-17-11-7-8-12-18-23/h9,13-14,19-20,23H,1-8,10-12,15-18,21-22H2/i2+1,3+1,6+1,10+1,11+1,18+1,21+1,23+1. The second-order valence-electron chi connectivity index (χ2n) is 8.67. The molecule has 0 aromatic heterocycles. The Bertz CT molecular complexity index is 559. The van der Waals surface area contributed by atoms with Gasteiger partial charge in [0.1, 0.15) is 0 Å². The summed E-state index contributed by atoms with van der Waals surface area (Å²) in [5.41, 5.74) is 0.592. The summed E-state index contributed by atoms with van der Waals surface area (Å²) in [6.07, 6.45) is 20.5. The number of ether oxygens (including phenoxy) is 1. The fourth-order valence-corrected chi connectivity index (χ4v) is 4.34. The van der Waals surface area contributed by atoms with Crippen LogP contribution in [0.2, 0.25) is 0 Å². The van der Waals surface area contributed by atoms with Crippen molar-refractivity contribution in [1.29, 1.82) is 0 Å². The molecule has 0 N–H and O–H groups in total. The number of carbonyl (C=O) groups excluding carboxylic acids is 2. The molecule has 0 aliphatic heterocycles. The fraction of sp³-hybridized carbons (Fsp3) is 0.692. The summed E-state index contributed by atoms with van der Waals surface area (Å²) in [7, 11) is 0. The van der Waals surface area contributed by atoms with Crippen LogP contribution in [0.25, 0.3) is 0 Å². The summed E-state index contributed by atoms with van der Waals surface area (Å²) in [5.74, 6) is 0.617. The van der Waals surface area contributed by atoms with Crippen LogP contribution < -0.4 is 0 Å². The van der Waals surface area contributed by atoms with E-state index in [-0.39, 0.29) is 18.4 Å². The third-order valence-electron chi connectivity index (χ3n) is 6.18. The minimum Gasteiger partial charge on any atom is -0.457 e. The van der Waals surface area contributed by atoms with E-state index in [0.717, 1.165) is 18.8 Å². The quantitative estimate of drug-likeness (QED) is 0.107. The molecule has 1 atom stereocenters. The second kappa shape index (κ2) is 15.2. The van der Waals surface area contributed by atoms with Gasteiger partial charge in [-0.15, -0.1) is 0 Å². The summed E-state index contributed by atoms with van der Waals surface area (Å²) < 4.78 is 5.10. The molecule has 0 heterocycles. The number of carbonyl (C=O) groups is 2. The van der Waals surface area contributed by atoms with E-state index >= 15 is 0 Å². The first-order valence-corrected chi connectivity index (χ1v) is 12.0. The van der Waals surface area contributed by atoms with E-state index in [2.05, 4.69) is 0 Å². The summed E-state index contributed by atoms with van der Waals surface area (Å²) >= 11 is 0. The molecule has 1 saturated carbocycles. The van der Waals surface area contributed by atoms with Crippen LogP contribution >= 0.6 is 0 Å². The van der Waals surface area contributed by atoms with Crippen molar-refractivity contribution < 1.29 is 14.3 Å². The van der Waals surface area contributed by atoms with Gasteiger partial charge in [0.15, 0.2) is 12.4 Å². The molecule has 1 aliphatic rings. The number of unbranched alkanes of at least 4 members (excludes halogenated alkanes) is 7. The van der Waals surface area contributed by atoms with Gasteiger partial charge in [0, 0.05) is 12.0 Å². The van der Waals surface area contributed by atoms with E-state index in [4.69, 9.17) is 4.74 Å². The van der Waals surface area contributed by atoms with Crippen LogP contribution in [0, 0.1) is 5.92 Å². The zero-order valence-electron chi connectivity index (χ0n) is 18.2. The van der Waals surface area contributed by atoms with E-state index < -0.39 is 0 Å². The van der Waals surface area contributed by atoms with Gasteiger partial charge in [0.2, 0.25) is 0 Å². The SMILES string of the molecule is O=C([13CH2]C[13CH2]C[13CH2]C[13CH2]C[13CH2]C[13CH]1C[13CH2]CCC[13CH2]1)OCC(=O)c1ccccc1. The third-order valence-corrected chi connectivity index (χ3v) is 6.18. The molecule has 2 rings (SSSR count). The average Bonchev–Trinajstić information content (AvgIpc) is 3.03. The molecule has 1 aromatic carbocycles. The Kier molecular flexibility index (Phi) is 12.4. The van der Waals surface area contributed by atoms with Crippen molar-refractivity contribution in [2.24, 2.45) is 5.92 Å². The lowest BCUT2D eigenvalue weighted by Gasteiger charge is -2.13. The Morgan fingerprint density at radius 3 is 2.00 bits per heavy atom. The lowest BCUT2D eigenvalue weighted by Crippen LogP contribution is -2.13. The van der Waals surface area contributed by atoms with E-state index in [1.165, 1.54) is 83.5 Å². The molecule has 1 aliphatic carbocycles. The maximum absolute atomic E-state index is 11.9. The number of hydrogen-bond acceptors (Lipinski definition) is 3. The Morgan fingerprint density at radius 2 is 1.34 bits per heavy atom. The monoisotopic (exact) mass is 408 g/mol. The number of benzene rings is 1. The fourth-order valence-electron chi connectivity index (χ4n) is 4.34. The van der Waals surface area contributed by atoms with Gasteiger partial charge < -0.3 is 4.74 Å². The molecule has 1 fully saturated rings. The lowest BCUT2D eigenvalue weighted by atomic mass is 10.1. The lowest BCUT2D eigenvalue weighted by molar-refractivity contribution is -0.142. The first kappa shape index (κ1) is 23.6. The van der Waals surface area contributed by atoms with E-state index in [1.807, 2.05) is 18.2 Å². The van der Waals surface area contributed by atoms with Crippen molar-refractivity contribution in [2.75, 3.05) is 6.61 Å². The largest absolute Gasteiger partial charge is 0.457 e. The highest BCUT2D eigenvalue weighted by Crippen LogP contribution is 2.27. The minimum atomic E-state index is -0.257. The smallest absolute Gasteiger partial charge is 0.306 e. The Hall–Kier alpha value is -1.64. The van der Waals surface area contributed by atoms with Gasteiger partial charge in [0.25, 0.3) is 0 Å². The van der Waals surface area contributed by atoms with Crippen molar-refractivity contribution in [1.82, 2.24) is 0 Å². The summed E-state index contributed by atoms with van der Waals surface area (Å²) in [5, 5.41) is 0. The molecular weight excluding hydrogens is 368 g/mol. The van der Waals surface area contributed by atoms with Crippen LogP contribution in [0.3, 0.4) is 0 Å². The van der Waals surface area contributed by atoms with Crippen LogP contribution in [0.15, 0.2) is 30.3 Å². The number of ketones is 1. The molecule has 0 saturated heterocycles. The Balaban J connectivity index is 1.36. The van der Waals surface area contributed by atoms with Gasteiger partial charge in [-0.1, -0.05) is 120 Å². The van der Waals surface area contributed by atoms with E-state index in [9.17, 15) is 9.59 Å². The van der Waals surface area contributed by atoms with Crippen LogP contribution in [0.5, 0.6) is 0 Å². The van der Waals surface area contributed by atoms with E-state index in [0.29, 0.717) is 12.0 Å². The first-order chi connectivity index (χ1) is 14.3. The van der Waals surface area contributed by atoms with Gasteiger partial charge in [-0.25, -0.2) is 0 Å². The minimum absolute atomic E-state index is 0.141. The molecule has 0 bridgehead atoms. The molecule has 1 aromatic rings. The molecule has 0 radical (unpaired) electrons. The van der Waals surface area contributed by atoms with Crippen LogP contribution in [0.1, 0.15) is 113 Å². The van der Waals surface area contributed by atoms with Gasteiger partial charge in [-0.05, 0) is 12.3 Å². The molecular formula is C26H40O3. The molecule has 29 heavy (non-hydrogen) atoms. The Morgan fingerprint density at radius 1 is 0.759 bits per heavy atom. The zero-order chi connectivity index (χ0) is 20.6. The number of Topliss-reactive ketones (excluding diaryl/α,β-unsaturated/α-hetero) is 1. The van der Waals surface area contributed by atoms with Crippen molar-refractivity contribution in [3.05, 3.63) is 35.9 Å². The molecule has 1 unspecified atom stereocenters. The normalized spacial score (nSPS) is 16.9. The molecule has 3 nitrogen and oxygen atoms in total. The van der Waals surface area contributed by atoms with Crippen molar-refractivity contribution in [3.63, 3.8) is 0 Å².